The van der Waals surface area contributed by atoms with E-state index in [2.05, 4.69) is 35.2 Å². The van der Waals surface area contributed by atoms with Gasteiger partial charge in [0.1, 0.15) is 16.8 Å². The third-order valence-corrected chi connectivity index (χ3v) is 5.49. The Hall–Kier alpha value is -1.13. The number of aryl methyl sites for hydroxylation is 1. The average Bonchev–Trinajstić information content (AvgIpc) is 2.93. The van der Waals surface area contributed by atoms with Gasteiger partial charge < -0.3 is 4.90 Å². The molecule has 0 amide bonds. The summed E-state index contributed by atoms with van der Waals surface area (Å²) >= 11 is 8.18. The summed E-state index contributed by atoms with van der Waals surface area (Å²) in [7, 11) is 0. The van der Waals surface area contributed by atoms with Crippen molar-refractivity contribution < 1.29 is 0 Å². The first-order chi connectivity index (χ1) is 10.1. The van der Waals surface area contributed by atoms with Crippen LogP contribution in [-0.4, -0.2) is 16.5 Å². The van der Waals surface area contributed by atoms with Crippen molar-refractivity contribution in [1.29, 1.82) is 0 Å². The lowest BCUT2D eigenvalue weighted by atomic mass is 10.0. The molecule has 0 saturated heterocycles. The van der Waals surface area contributed by atoms with Crippen molar-refractivity contribution >= 4 is 28.8 Å². The molecule has 1 aliphatic heterocycles. The van der Waals surface area contributed by atoms with Crippen molar-refractivity contribution in [3.05, 3.63) is 38.4 Å². The van der Waals surface area contributed by atoms with E-state index < -0.39 is 0 Å². The monoisotopic (exact) mass is 321 g/mol. The van der Waals surface area contributed by atoms with E-state index in [1.54, 1.807) is 0 Å². The van der Waals surface area contributed by atoms with Crippen molar-refractivity contribution in [3.8, 4) is 0 Å². The highest BCUT2D eigenvalue weighted by Gasteiger charge is 2.27. The molecule has 0 N–H and O–H groups in total. The summed E-state index contributed by atoms with van der Waals surface area (Å²) in [5.41, 5.74) is 2.42. The Bertz CT molecular complexity index is 653. The van der Waals surface area contributed by atoms with E-state index in [4.69, 9.17) is 16.6 Å². The summed E-state index contributed by atoms with van der Waals surface area (Å²) in [6, 6.07) is 2.58. The predicted molar refractivity (Wildman–Crippen MR) is 89.6 cm³/mol. The molecule has 21 heavy (non-hydrogen) atoms. The smallest absolute Gasteiger partial charge is 0.137 e. The molecule has 1 aliphatic rings. The summed E-state index contributed by atoms with van der Waals surface area (Å²) in [5, 5.41) is 2.78. The molecule has 0 radical (unpaired) electrons. The maximum absolute atomic E-state index is 6.33. The lowest BCUT2D eigenvalue weighted by Crippen LogP contribution is -2.34. The molecule has 3 nitrogen and oxygen atoms in total. The molecule has 0 spiro atoms. The van der Waals surface area contributed by atoms with Crippen LogP contribution in [0.4, 0.5) is 5.82 Å². The molecule has 0 aliphatic carbocycles. The summed E-state index contributed by atoms with van der Waals surface area (Å²) in [5.74, 6) is 1.86. The minimum absolute atomic E-state index is 0.346. The first-order valence-corrected chi connectivity index (χ1v) is 8.73. The van der Waals surface area contributed by atoms with Crippen LogP contribution in [0.25, 0.3) is 0 Å². The highest BCUT2D eigenvalue weighted by Crippen LogP contribution is 2.37. The Morgan fingerprint density at radius 2 is 2.24 bits per heavy atom. The SMILES string of the molecule is CCCc1nc(Cl)c(C)c(N2CCc3sccc3C2C)n1. The van der Waals surface area contributed by atoms with Crippen molar-refractivity contribution in [1.82, 2.24) is 9.97 Å². The van der Waals surface area contributed by atoms with Crippen LogP contribution in [0, 0.1) is 6.92 Å². The Labute approximate surface area is 135 Å². The van der Waals surface area contributed by atoms with Gasteiger partial charge in [-0.2, -0.15) is 0 Å². The normalized spacial score (nSPS) is 17.9. The number of rotatable bonds is 3. The van der Waals surface area contributed by atoms with Gasteiger partial charge in [-0.3, -0.25) is 0 Å². The Morgan fingerprint density at radius 1 is 1.43 bits per heavy atom. The molecular weight excluding hydrogens is 302 g/mol. The zero-order valence-corrected chi connectivity index (χ0v) is 14.3. The van der Waals surface area contributed by atoms with Gasteiger partial charge in [-0.25, -0.2) is 9.97 Å². The first-order valence-electron chi connectivity index (χ1n) is 7.47. The number of aromatic nitrogens is 2. The van der Waals surface area contributed by atoms with E-state index in [-0.39, 0.29) is 0 Å². The number of fused-ring (bicyclic) bond motifs is 1. The molecule has 1 atom stereocenters. The van der Waals surface area contributed by atoms with Gasteiger partial charge in [-0.1, -0.05) is 18.5 Å². The van der Waals surface area contributed by atoms with E-state index in [0.29, 0.717) is 11.2 Å². The summed E-state index contributed by atoms with van der Waals surface area (Å²) < 4.78 is 0. The van der Waals surface area contributed by atoms with Crippen molar-refractivity contribution in [2.45, 2.75) is 46.1 Å². The van der Waals surface area contributed by atoms with Crippen molar-refractivity contribution in [2.24, 2.45) is 0 Å². The maximum atomic E-state index is 6.33. The minimum atomic E-state index is 0.346. The number of hydrogen-bond donors (Lipinski definition) is 0. The zero-order chi connectivity index (χ0) is 15.0. The second-order valence-electron chi connectivity index (χ2n) is 5.55. The van der Waals surface area contributed by atoms with Crippen LogP contribution in [0.15, 0.2) is 11.4 Å². The van der Waals surface area contributed by atoms with E-state index in [9.17, 15) is 0 Å². The topological polar surface area (TPSA) is 29.0 Å². The van der Waals surface area contributed by atoms with Crippen LogP contribution in [0.2, 0.25) is 5.15 Å². The van der Waals surface area contributed by atoms with E-state index in [1.165, 1.54) is 10.4 Å². The fourth-order valence-corrected chi connectivity index (χ4v) is 4.08. The highest BCUT2D eigenvalue weighted by molar-refractivity contribution is 7.10. The Balaban J connectivity index is 2.01. The number of anilines is 1. The lowest BCUT2D eigenvalue weighted by molar-refractivity contribution is 0.619. The van der Waals surface area contributed by atoms with Gasteiger partial charge in [-0.05, 0) is 43.7 Å². The molecule has 0 fully saturated rings. The highest BCUT2D eigenvalue weighted by atomic mass is 35.5. The minimum Gasteiger partial charge on any atom is -0.349 e. The van der Waals surface area contributed by atoms with Crippen molar-refractivity contribution in [2.75, 3.05) is 11.4 Å². The lowest BCUT2D eigenvalue weighted by Gasteiger charge is -2.35. The fourth-order valence-electron chi connectivity index (χ4n) is 2.93. The van der Waals surface area contributed by atoms with Crippen LogP contribution in [0.1, 0.15) is 48.1 Å². The summed E-state index contributed by atoms with van der Waals surface area (Å²) in [4.78, 5) is 13.1. The van der Waals surface area contributed by atoms with Gasteiger partial charge in [0.2, 0.25) is 0 Å². The second kappa shape index (κ2) is 5.93. The van der Waals surface area contributed by atoms with Crippen LogP contribution in [-0.2, 0) is 12.8 Å². The van der Waals surface area contributed by atoms with Gasteiger partial charge >= 0.3 is 0 Å². The molecular formula is C16H20ClN3S. The van der Waals surface area contributed by atoms with Crippen LogP contribution >= 0.6 is 22.9 Å². The molecule has 2 aromatic heterocycles. The van der Waals surface area contributed by atoms with Crippen LogP contribution < -0.4 is 4.90 Å². The fraction of sp³-hybridized carbons (Fsp3) is 0.500. The van der Waals surface area contributed by atoms with E-state index >= 15 is 0 Å². The zero-order valence-electron chi connectivity index (χ0n) is 12.7. The maximum Gasteiger partial charge on any atom is 0.137 e. The average molecular weight is 322 g/mol. The molecule has 0 saturated carbocycles. The summed E-state index contributed by atoms with van der Waals surface area (Å²) in [6.45, 7) is 7.40. The molecule has 5 heteroatoms. The standard InChI is InChI=1S/C16H20ClN3S/c1-4-5-14-18-15(17)10(2)16(19-14)20-8-6-13-12(11(20)3)7-9-21-13/h7,9,11H,4-6,8H2,1-3H3. The van der Waals surface area contributed by atoms with Gasteiger partial charge in [0.15, 0.2) is 0 Å². The van der Waals surface area contributed by atoms with Gasteiger partial charge in [0, 0.05) is 23.4 Å². The molecule has 3 heterocycles. The van der Waals surface area contributed by atoms with Gasteiger partial charge in [0.05, 0.1) is 6.04 Å². The summed E-state index contributed by atoms with van der Waals surface area (Å²) in [6.07, 6.45) is 2.99. The third-order valence-electron chi connectivity index (χ3n) is 4.13. The molecule has 1 unspecified atom stereocenters. The quantitative estimate of drug-likeness (QED) is 0.775. The number of thiophene rings is 1. The second-order valence-corrected chi connectivity index (χ2v) is 6.91. The van der Waals surface area contributed by atoms with Crippen molar-refractivity contribution in [3.63, 3.8) is 0 Å². The molecule has 112 valence electrons. The molecule has 0 bridgehead atoms. The largest absolute Gasteiger partial charge is 0.349 e. The predicted octanol–water partition coefficient (Wildman–Crippen LogP) is 4.58. The first kappa shape index (κ1) is 14.8. The Kier molecular flexibility index (Phi) is 4.18. The molecule has 3 rings (SSSR count). The number of nitrogens with zero attached hydrogens (tertiary/aromatic N) is 3. The third kappa shape index (κ3) is 2.67. The molecule has 2 aromatic rings. The van der Waals surface area contributed by atoms with Crippen LogP contribution in [0.3, 0.4) is 0 Å². The van der Waals surface area contributed by atoms with Crippen LogP contribution in [0.5, 0.6) is 0 Å². The van der Waals surface area contributed by atoms with Gasteiger partial charge in [-0.15, -0.1) is 11.3 Å². The van der Waals surface area contributed by atoms with E-state index in [1.807, 2.05) is 18.3 Å². The molecule has 0 aromatic carbocycles. The Morgan fingerprint density at radius 3 is 3.00 bits per heavy atom. The number of halogens is 1. The van der Waals surface area contributed by atoms with E-state index in [0.717, 1.165) is 43.0 Å². The number of hydrogen-bond acceptors (Lipinski definition) is 4. The van der Waals surface area contributed by atoms with Gasteiger partial charge in [0.25, 0.3) is 0 Å².